The van der Waals surface area contributed by atoms with Crippen molar-refractivity contribution in [1.29, 1.82) is 0 Å². The van der Waals surface area contributed by atoms with Crippen molar-refractivity contribution in [2.24, 2.45) is 0 Å². The summed E-state index contributed by atoms with van der Waals surface area (Å²) >= 11 is 0. The molecule has 102 valence electrons. The van der Waals surface area contributed by atoms with Gasteiger partial charge >= 0.3 is 5.97 Å². The lowest BCUT2D eigenvalue weighted by Gasteiger charge is -2.11. The highest BCUT2D eigenvalue weighted by Crippen LogP contribution is 2.28. The highest BCUT2D eigenvalue weighted by atomic mass is 16.5. The Kier molecular flexibility index (Phi) is 4.22. The third-order valence-corrected chi connectivity index (χ3v) is 3.28. The van der Waals surface area contributed by atoms with Crippen molar-refractivity contribution in [3.8, 4) is 0 Å². The zero-order valence-corrected chi connectivity index (χ0v) is 11.5. The molecule has 0 fully saturated rings. The van der Waals surface area contributed by atoms with E-state index in [-0.39, 0.29) is 12.0 Å². The first-order valence-electron chi connectivity index (χ1n) is 6.41. The van der Waals surface area contributed by atoms with Crippen LogP contribution < -0.4 is 5.32 Å². The van der Waals surface area contributed by atoms with E-state index in [0.29, 0.717) is 13.0 Å². The largest absolute Gasteiger partial charge is 0.469 e. The molecule has 19 heavy (non-hydrogen) atoms. The highest BCUT2D eigenvalue weighted by molar-refractivity contribution is 5.82. The summed E-state index contributed by atoms with van der Waals surface area (Å²) in [5, 5.41) is 4.41. The summed E-state index contributed by atoms with van der Waals surface area (Å²) in [6.07, 6.45) is 0.361. The number of fused-ring (bicyclic) bond motifs is 1. The first-order valence-corrected chi connectivity index (χ1v) is 6.41. The van der Waals surface area contributed by atoms with Gasteiger partial charge in [0.15, 0.2) is 0 Å². The predicted octanol–water partition coefficient (Wildman–Crippen LogP) is 2.95. The van der Waals surface area contributed by atoms with Crippen LogP contribution in [0, 0.1) is 6.92 Å². The van der Waals surface area contributed by atoms with Crippen molar-refractivity contribution in [3.63, 3.8) is 0 Å². The maximum absolute atomic E-state index is 11.1. The molecule has 0 saturated heterocycles. The number of para-hydroxylation sites is 1. The number of benzene rings is 1. The number of carbonyl (C=O) groups is 1. The Bertz CT molecular complexity index is 574. The maximum atomic E-state index is 11.1. The van der Waals surface area contributed by atoms with Crippen molar-refractivity contribution >= 4 is 16.9 Å². The van der Waals surface area contributed by atoms with Crippen LogP contribution in [-0.4, -0.2) is 19.6 Å². The minimum atomic E-state index is -0.207. The monoisotopic (exact) mass is 261 g/mol. The molecule has 1 aromatic carbocycles. The molecule has 2 rings (SSSR count). The van der Waals surface area contributed by atoms with E-state index in [1.165, 1.54) is 7.11 Å². The van der Waals surface area contributed by atoms with Crippen LogP contribution in [-0.2, 0) is 9.53 Å². The van der Waals surface area contributed by atoms with E-state index in [0.717, 1.165) is 22.3 Å². The smallest absolute Gasteiger partial charge is 0.306 e. The van der Waals surface area contributed by atoms with Gasteiger partial charge in [-0.2, -0.15) is 0 Å². The van der Waals surface area contributed by atoms with E-state index in [9.17, 15) is 4.79 Å². The molecule has 0 amide bonds. The van der Waals surface area contributed by atoms with Crippen LogP contribution in [0.4, 0.5) is 0 Å². The van der Waals surface area contributed by atoms with Gasteiger partial charge in [0.05, 0.1) is 19.6 Å². The fraction of sp³-hybridized carbons (Fsp3) is 0.400. The lowest BCUT2D eigenvalue weighted by molar-refractivity contribution is -0.140. The highest BCUT2D eigenvalue weighted by Gasteiger charge is 2.16. The third kappa shape index (κ3) is 2.96. The number of rotatable bonds is 5. The van der Waals surface area contributed by atoms with Crippen LogP contribution in [0.2, 0.25) is 0 Å². The van der Waals surface area contributed by atoms with Gasteiger partial charge in [0.25, 0.3) is 0 Å². The molecule has 0 saturated carbocycles. The van der Waals surface area contributed by atoms with E-state index in [4.69, 9.17) is 4.42 Å². The standard InChI is InChI=1S/C15H19NO3/c1-10-12-6-4-5-7-13(12)19-15(10)11(2)16-9-8-14(17)18-3/h4-7,11,16H,8-9H2,1-3H3. The SMILES string of the molecule is COC(=O)CCNC(C)c1oc2ccccc2c1C. The van der Waals surface area contributed by atoms with Crippen LogP contribution in [0.5, 0.6) is 0 Å². The summed E-state index contributed by atoms with van der Waals surface area (Å²) in [5.41, 5.74) is 2.05. The molecule has 0 spiro atoms. The number of nitrogens with one attached hydrogen (secondary N) is 1. The van der Waals surface area contributed by atoms with Crippen molar-refractivity contribution in [3.05, 3.63) is 35.6 Å². The third-order valence-electron chi connectivity index (χ3n) is 3.28. The number of hydrogen-bond acceptors (Lipinski definition) is 4. The minimum Gasteiger partial charge on any atom is -0.469 e. The van der Waals surface area contributed by atoms with Crippen LogP contribution in [0.1, 0.15) is 30.7 Å². The fourth-order valence-electron chi connectivity index (χ4n) is 2.19. The molecule has 1 unspecified atom stereocenters. The molecule has 2 aromatic rings. The number of carbonyl (C=O) groups excluding carboxylic acids is 1. The van der Waals surface area contributed by atoms with Gasteiger partial charge < -0.3 is 14.5 Å². The molecule has 0 aliphatic rings. The molecule has 1 atom stereocenters. The van der Waals surface area contributed by atoms with E-state index < -0.39 is 0 Å². The number of furan rings is 1. The van der Waals surface area contributed by atoms with Crippen LogP contribution in [0.15, 0.2) is 28.7 Å². The topological polar surface area (TPSA) is 51.5 Å². The van der Waals surface area contributed by atoms with Crippen LogP contribution >= 0.6 is 0 Å². The van der Waals surface area contributed by atoms with Crippen LogP contribution in [0.3, 0.4) is 0 Å². The summed E-state index contributed by atoms with van der Waals surface area (Å²) in [7, 11) is 1.40. The van der Waals surface area contributed by atoms with Gasteiger partial charge in [-0.3, -0.25) is 4.79 Å². The number of hydrogen-bond donors (Lipinski definition) is 1. The molecule has 0 bridgehead atoms. The second kappa shape index (κ2) is 5.89. The maximum Gasteiger partial charge on any atom is 0.306 e. The minimum absolute atomic E-state index is 0.0667. The molecule has 0 aliphatic carbocycles. The van der Waals surface area contributed by atoms with Gasteiger partial charge in [-0.05, 0) is 25.5 Å². The fourth-order valence-corrected chi connectivity index (χ4v) is 2.19. The number of methoxy groups -OCH3 is 1. The van der Waals surface area contributed by atoms with Crippen molar-refractivity contribution in [1.82, 2.24) is 5.32 Å². The molecular weight excluding hydrogens is 242 g/mol. The quantitative estimate of drug-likeness (QED) is 0.841. The molecule has 4 nitrogen and oxygen atoms in total. The molecular formula is C15H19NO3. The van der Waals surface area contributed by atoms with Crippen molar-refractivity contribution in [2.75, 3.05) is 13.7 Å². The first-order chi connectivity index (χ1) is 9.13. The van der Waals surface area contributed by atoms with Gasteiger partial charge in [0, 0.05) is 11.9 Å². The average Bonchev–Trinajstić information content (AvgIpc) is 2.76. The van der Waals surface area contributed by atoms with Crippen LogP contribution in [0.25, 0.3) is 11.0 Å². The van der Waals surface area contributed by atoms with E-state index in [2.05, 4.69) is 23.0 Å². The van der Waals surface area contributed by atoms with Gasteiger partial charge in [-0.15, -0.1) is 0 Å². The lowest BCUT2D eigenvalue weighted by atomic mass is 10.1. The van der Waals surface area contributed by atoms with Crippen molar-refractivity contribution in [2.45, 2.75) is 26.3 Å². The van der Waals surface area contributed by atoms with Gasteiger partial charge in [-0.1, -0.05) is 18.2 Å². The summed E-state index contributed by atoms with van der Waals surface area (Å²) in [6, 6.07) is 8.05. The van der Waals surface area contributed by atoms with Gasteiger partial charge in [0.1, 0.15) is 11.3 Å². The summed E-state index contributed by atoms with van der Waals surface area (Å²) in [5.74, 6) is 0.715. The Balaban J connectivity index is 2.07. The normalized spacial score (nSPS) is 12.6. The summed E-state index contributed by atoms with van der Waals surface area (Å²) < 4.78 is 10.5. The summed E-state index contributed by atoms with van der Waals surface area (Å²) in [6.45, 7) is 4.66. The number of ether oxygens (including phenoxy) is 1. The summed E-state index contributed by atoms with van der Waals surface area (Å²) in [4.78, 5) is 11.1. The molecule has 1 N–H and O–H groups in total. The van der Waals surface area contributed by atoms with E-state index in [1.807, 2.05) is 25.1 Å². The molecule has 1 aromatic heterocycles. The molecule has 0 radical (unpaired) electrons. The second-order valence-electron chi connectivity index (χ2n) is 4.59. The zero-order valence-electron chi connectivity index (χ0n) is 11.5. The Morgan fingerprint density at radius 2 is 2.16 bits per heavy atom. The van der Waals surface area contributed by atoms with E-state index >= 15 is 0 Å². The molecule has 4 heteroatoms. The second-order valence-corrected chi connectivity index (χ2v) is 4.59. The Hall–Kier alpha value is -1.81. The number of aryl methyl sites for hydroxylation is 1. The van der Waals surface area contributed by atoms with Gasteiger partial charge in [-0.25, -0.2) is 0 Å². The lowest BCUT2D eigenvalue weighted by Crippen LogP contribution is -2.22. The Morgan fingerprint density at radius 3 is 2.84 bits per heavy atom. The Labute approximate surface area is 112 Å². The molecule has 0 aliphatic heterocycles. The van der Waals surface area contributed by atoms with Gasteiger partial charge in [0.2, 0.25) is 0 Å². The molecule has 1 heterocycles. The zero-order chi connectivity index (χ0) is 13.8. The first kappa shape index (κ1) is 13.6. The van der Waals surface area contributed by atoms with Crippen molar-refractivity contribution < 1.29 is 13.9 Å². The number of esters is 1. The Morgan fingerprint density at radius 1 is 1.42 bits per heavy atom. The predicted molar refractivity (Wildman–Crippen MR) is 74.0 cm³/mol. The average molecular weight is 261 g/mol. The van der Waals surface area contributed by atoms with E-state index in [1.54, 1.807) is 0 Å².